The smallest absolute Gasteiger partial charge is 0.270 e. The van der Waals surface area contributed by atoms with Crippen molar-refractivity contribution in [1.29, 1.82) is 0 Å². The molecule has 2 heterocycles. The van der Waals surface area contributed by atoms with Crippen molar-refractivity contribution in [3.05, 3.63) is 47.7 Å². The van der Waals surface area contributed by atoms with Crippen LogP contribution in [0.15, 0.2) is 30.9 Å². The van der Waals surface area contributed by atoms with Crippen molar-refractivity contribution in [1.82, 2.24) is 9.47 Å². The topological polar surface area (TPSA) is 25.2 Å². The van der Waals surface area contributed by atoms with Crippen LogP contribution in [-0.4, -0.2) is 28.5 Å². The van der Waals surface area contributed by atoms with E-state index in [2.05, 4.69) is 50.1 Å². The van der Waals surface area contributed by atoms with Crippen molar-refractivity contribution in [2.45, 2.75) is 46.1 Å². The summed E-state index contributed by atoms with van der Waals surface area (Å²) in [4.78, 5) is 15.0. The first-order valence-electron chi connectivity index (χ1n) is 8.57. The first kappa shape index (κ1) is 15.9. The molecule has 23 heavy (non-hydrogen) atoms. The predicted octanol–water partition coefficient (Wildman–Crippen LogP) is 4.50. The van der Waals surface area contributed by atoms with E-state index in [1.54, 1.807) is 0 Å². The number of amides is 1. The number of hydrogen-bond acceptors (Lipinski definition) is 1. The van der Waals surface area contributed by atoms with Gasteiger partial charge in [0, 0.05) is 30.5 Å². The lowest BCUT2D eigenvalue weighted by Gasteiger charge is -2.17. The monoisotopic (exact) mass is 310 g/mol. The number of hydrogen-bond donors (Lipinski definition) is 0. The summed E-state index contributed by atoms with van der Waals surface area (Å²) < 4.78 is 2.13. The molecule has 3 nitrogen and oxygen atoms in total. The van der Waals surface area contributed by atoms with E-state index < -0.39 is 0 Å². The molecule has 0 spiro atoms. The normalized spacial score (nSPS) is 14.9. The maximum absolute atomic E-state index is 13.0. The Hall–Kier alpha value is -2.03. The Bertz CT molecular complexity index is 749. The minimum atomic E-state index is 0.171. The SMILES string of the molecule is C=CCn1c(C(=O)N2CCCC2)c(C)c2cc(C(C)C)ccc21. The van der Waals surface area contributed by atoms with Gasteiger partial charge in [-0.2, -0.15) is 0 Å². The lowest BCUT2D eigenvalue weighted by molar-refractivity contribution is 0.0782. The van der Waals surface area contributed by atoms with Crippen molar-refractivity contribution >= 4 is 16.8 Å². The highest BCUT2D eigenvalue weighted by atomic mass is 16.2. The maximum atomic E-state index is 13.0. The summed E-state index contributed by atoms with van der Waals surface area (Å²) in [5, 5.41) is 1.19. The Morgan fingerprint density at radius 3 is 2.61 bits per heavy atom. The zero-order valence-electron chi connectivity index (χ0n) is 14.4. The van der Waals surface area contributed by atoms with Gasteiger partial charge < -0.3 is 9.47 Å². The molecule has 1 fully saturated rings. The second-order valence-electron chi connectivity index (χ2n) is 6.80. The fourth-order valence-electron chi connectivity index (χ4n) is 3.56. The molecule has 1 aromatic carbocycles. The van der Waals surface area contributed by atoms with Gasteiger partial charge in [0.2, 0.25) is 0 Å². The van der Waals surface area contributed by atoms with Crippen LogP contribution in [0.4, 0.5) is 0 Å². The van der Waals surface area contributed by atoms with Crippen LogP contribution in [0.2, 0.25) is 0 Å². The number of fused-ring (bicyclic) bond motifs is 1. The Labute approximate surface area is 138 Å². The van der Waals surface area contributed by atoms with E-state index >= 15 is 0 Å². The third-order valence-corrected chi connectivity index (χ3v) is 4.91. The van der Waals surface area contributed by atoms with E-state index in [9.17, 15) is 4.79 Å². The van der Waals surface area contributed by atoms with Crippen molar-refractivity contribution in [2.75, 3.05) is 13.1 Å². The summed E-state index contributed by atoms with van der Waals surface area (Å²) in [7, 11) is 0. The number of nitrogens with zero attached hydrogens (tertiary/aromatic N) is 2. The van der Waals surface area contributed by atoms with Crippen LogP contribution in [-0.2, 0) is 6.54 Å². The quantitative estimate of drug-likeness (QED) is 0.764. The highest BCUT2D eigenvalue weighted by Gasteiger charge is 2.26. The molecular weight excluding hydrogens is 284 g/mol. The fourth-order valence-corrected chi connectivity index (χ4v) is 3.56. The lowest BCUT2D eigenvalue weighted by atomic mass is 10.0. The zero-order chi connectivity index (χ0) is 16.6. The molecule has 0 radical (unpaired) electrons. The molecule has 1 saturated heterocycles. The molecule has 0 saturated carbocycles. The van der Waals surface area contributed by atoms with Crippen molar-refractivity contribution in [3.8, 4) is 0 Å². The van der Waals surface area contributed by atoms with Crippen LogP contribution in [0.5, 0.6) is 0 Å². The number of allylic oxidation sites excluding steroid dienone is 1. The summed E-state index contributed by atoms with van der Waals surface area (Å²) in [6.07, 6.45) is 4.10. The van der Waals surface area contributed by atoms with Gasteiger partial charge >= 0.3 is 0 Å². The minimum absolute atomic E-state index is 0.171. The largest absolute Gasteiger partial charge is 0.337 e. The Kier molecular flexibility index (Phi) is 4.29. The van der Waals surface area contributed by atoms with Gasteiger partial charge in [0.15, 0.2) is 0 Å². The number of rotatable bonds is 4. The molecule has 2 aromatic rings. The van der Waals surface area contributed by atoms with Gasteiger partial charge in [-0.3, -0.25) is 4.79 Å². The average Bonchev–Trinajstić information content (AvgIpc) is 3.15. The molecular formula is C20H26N2O. The maximum Gasteiger partial charge on any atom is 0.270 e. The summed E-state index contributed by atoms with van der Waals surface area (Å²) in [5.74, 6) is 0.656. The molecule has 0 aliphatic carbocycles. The number of benzene rings is 1. The summed E-state index contributed by atoms with van der Waals surface area (Å²) in [6, 6.07) is 6.58. The number of carbonyl (C=O) groups excluding carboxylic acids is 1. The Morgan fingerprint density at radius 2 is 2.00 bits per heavy atom. The molecule has 3 heteroatoms. The first-order chi connectivity index (χ1) is 11.0. The molecule has 1 aliphatic rings. The van der Waals surface area contributed by atoms with E-state index in [4.69, 9.17) is 0 Å². The number of carbonyl (C=O) groups is 1. The van der Waals surface area contributed by atoms with E-state index in [0.29, 0.717) is 12.5 Å². The van der Waals surface area contributed by atoms with Gasteiger partial charge in [0.05, 0.1) is 0 Å². The van der Waals surface area contributed by atoms with Crippen molar-refractivity contribution in [2.24, 2.45) is 0 Å². The highest BCUT2D eigenvalue weighted by molar-refractivity contribution is 6.02. The average molecular weight is 310 g/mol. The molecule has 1 aliphatic heterocycles. The highest BCUT2D eigenvalue weighted by Crippen LogP contribution is 2.30. The van der Waals surface area contributed by atoms with E-state index in [1.807, 2.05) is 11.0 Å². The van der Waals surface area contributed by atoms with Crippen LogP contribution >= 0.6 is 0 Å². The van der Waals surface area contributed by atoms with Gasteiger partial charge in [0.25, 0.3) is 5.91 Å². The molecule has 0 bridgehead atoms. The summed E-state index contributed by atoms with van der Waals surface area (Å²) in [6.45, 7) is 12.8. The van der Waals surface area contributed by atoms with Crippen LogP contribution in [0.3, 0.4) is 0 Å². The van der Waals surface area contributed by atoms with Gasteiger partial charge in [0.1, 0.15) is 5.69 Å². The molecule has 122 valence electrons. The second kappa shape index (κ2) is 6.23. The van der Waals surface area contributed by atoms with Crippen LogP contribution in [0.25, 0.3) is 10.9 Å². The summed E-state index contributed by atoms with van der Waals surface area (Å²) in [5.41, 5.74) is 4.38. The van der Waals surface area contributed by atoms with Gasteiger partial charge in [-0.05, 0) is 48.9 Å². The number of aryl methyl sites for hydroxylation is 1. The third kappa shape index (κ3) is 2.69. The predicted molar refractivity (Wildman–Crippen MR) is 96.1 cm³/mol. The standard InChI is InChI=1S/C20H26N2O/c1-5-10-22-18-9-8-16(14(2)3)13-17(18)15(4)19(22)20(23)21-11-6-7-12-21/h5,8-9,13-14H,1,6-7,10-12H2,2-4H3. The molecule has 1 amide bonds. The van der Waals surface area contributed by atoms with Crippen molar-refractivity contribution < 1.29 is 4.79 Å². The second-order valence-corrected chi connectivity index (χ2v) is 6.80. The van der Waals surface area contributed by atoms with E-state index in [0.717, 1.165) is 42.7 Å². The number of likely N-dealkylation sites (tertiary alicyclic amines) is 1. The lowest BCUT2D eigenvalue weighted by Crippen LogP contribution is -2.30. The molecule has 3 rings (SSSR count). The fraction of sp³-hybridized carbons (Fsp3) is 0.450. The number of aromatic nitrogens is 1. The van der Waals surface area contributed by atoms with Gasteiger partial charge in [-0.25, -0.2) is 0 Å². The summed E-state index contributed by atoms with van der Waals surface area (Å²) >= 11 is 0. The third-order valence-electron chi connectivity index (χ3n) is 4.91. The molecule has 0 unspecified atom stereocenters. The van der Waals surface area contributed by atoms with E-state index in [-0.39, 0.29) is 5.91 Å². The van der Waals surface area contributed by atoms with Gasteiger partial charge in [-0.1, -0.05) is 26.0 Å². The Morgan fingerprint density at radius 1 is 1.30 bits per heavy atom. The molecule has 0 atom stereocenters. The zero-order valence-corrected chi connectivity index (χ0v) is 14.4. The first-order valence-corrected chi connectivity index (χ1v) is 8.57. The molecule has 1 aromatic heterocycles. The Balaban J connectivity index is 2.18. The van der Waals surface area contributed by atoms with Crippen LogP contribution in [0, 0.1) is 6.92 Å². The van der Waals surface area contributed by atoms with Crippen LogP contribution < -0.4 is 0 Å². The van der Waals surface area contributed by atoms with Crippen molar-refractivity contribution in [3.63, 3.8) is 0 Å². The van der Waals surface area contributed by atoms with Gasteiger partial charge in [-0.15, -0.1) is 6.58 Å². The molecule has 0 N–H and O–H groups in total. The van der Waals surface area contributed by atoms with E-state index in [1.165, 1.54) is 10.9 Å². The van der Waals surface area contributed by atoms with Crippen LogP contribution in [0.1, 0.15) is 54.2 Å². The minimum Gasteiger partial charge on any atom is -0.337 e.